The smallest absolute Gasteiger partial charge is 0.240 e. The number of amides is 3. The number of pyridine rings is 1. The van der Waals surface area contributed by atoms with E-state index in [9.17, 15) is 23.6 Å². The third kappa shape index (κ3) is 9.26. The second-order valence-corrected chi connectivity index (χ2v) is 12.4. The first-order chi connectivity index (χ1) is 24.2. The zero-order valence-electron chi connectivity index (χ0n) is 27.3. The van der Waals surface area contributed by atoms with Gasteiger partial charge in [-0.15, -0.1) is 0 Å². The number of nitrogens with zero attached hydrogens (tertiary/aromatic N) is 1. The molecule has 0 unspecified atom stereocenters. The Bertz CT molecular complexity index is 1850. The monoisotopic (exact) mass is 706 g/mol. The van der Waals surface area contributed by atoms with Crippen LogP contribution in [0.4, 0.5) is 20.2 Å². The third-order valence-electron chi connectivity index (χ3n) is 8.05. The first kappa shape index (κ1) is 36.1. The predicted octanol–water partition coefficient (Wildman–Crippen LogP) is 6.65. The highest BCUT2D eigenvalue weighted by molar-refractivity contribution is 8.12. The number of hydrogen-bond donors (Lipinski definition) is 3. The van der Waals surface area contributed by atoms with Crippen LogP contribution in [0.3, 0.4) is 0 Å². The normalized spacial score (nSPS) is 12.9. The average Bonchev–Trinajstić information content (AvgIpc) is 3.93. The van der Waals surface area contributed by atoms with E-state index in [0.29, 0.717) is 65.5 Å². The summed E-state index contributed by atoms with van der Waals surface area (Å²) < 4.78 is 45.9. The minimum Gasteiger partial charge on any atom is -0.493 e. The van der Waals surface area contributed by atoms with E-state index in [0.717, 1.165) is 43.5 Å². The predicted molar refractivity (Wildman–Crippen MR) is 186 cm³/mol. The second kappa shape index (κ2) is 16.9. The van der Waals surface area contributed by atoms with Crippen LogP contribution in [0.5, 0.6) is 23.0 Å². The van der Waals surface area contributed by atoms with Gasteiger partial charge in [0.15, 0.2) is 28.7 Å². The SMILES string of the molecule is COc1cc2c(Oc3ccc(NC(=O)C4(C(=O)Nc5ccc(F)cc5)CC4)cc3F)ccnc2cc1OCCCCCCNC(=O)CSC=O. The standard InChI is InChI=1S/C36H36F2N4O7S/c1-47-31-19-26-28(20-32(31)48-17-5-3-2-4-15-40-33(44)21-50-22-43)39-16-12-29(26)49-30-11-10-25(18-27(30)38)42-35(46)36(13-14-36)34(45)41-24-8-6-23(37)7-9-24/h6-12,16,18-20,22H,2-5,13-15,17,21H2,1H3,(H,40,44)(H,41,45)(H,42,46). The largest absolute Gasteiger partial charge is 0.493 e. The summed E-state index contributed by atoms with van der Waals surface area (Å²) >= 11 is 0.926. The summed E-state index contributed by atoms with van der Waals surface area (Å²) in [4.78, 5) is 52.2. The molecule has 1 saturated carbocycles. The number of benzene rings is 3. The van der Waals surface area contributed by atoms with Crippen molar-refractivity contribution >= 4 is 57.4 Å². The zero-order chi connectivity index (χ0) is 35.5. The number of nitrogens with one attached hydrogen (secondary N) is 3. The highest BCUT2D eigenvalue weighted by Gasteiger charge is 2.56. The van der Waals surface area contributed by atoms with Gasteiger partial charge in [0, 0.05) is 41.6 Å². The second-order valence-electron chi connectivity index (χ2n) is 11.6. The van der Waals surface area contributed by atoms with Crippen molar-refractivity contribution in [3.63, 3.8) is 0 Å². The van der Waals surface area contributed by atoms with E-state index in [1.807, 2.05) is 0 Å². The first-order valence-corrected chi connectivity index (χ1v) is 17.0. The van der Waals surface area contributed by atoms with E-state index in [-0.39, 0.29) is 23.1 Å². The molecule has 50 heavy (non-hydrogen) atoms. The Morgan fingerprint density at radius 2 is 1.58 bits per heavy atom. The maximum absolute atomic E-state index is 15.3. The number of halogens is 2. The number of ether oxygens (including phenoxy) is 3. The van der Waals surface area contributed by atoms with Crippen LogP contribution in [-0.2, 0) is 19.2 Å². The van der Waals surface area contributed by atoms with Gasteiger partial charge in [0.2, 0.25) is 17.7 Å². The molecule has 0 aliphatic heterocycles. The summed E-state index contributed by atoms with van der Waals surface area (Å²) in [6.07, 6.45) is 5.59. The number of anilines is 2. The molecule has 1 heterocycles. The van der Waals surface area contributed by atoms with Gasteiger partial charge in [0.25, 0.3) is 0 Å². The highest BCUT2D eigenvalue weighted by Crippen LogP contribution is 2.47. The Balaban J connectivity index is 1.15. The number of fused-ring (bicyclic) bond motifs is 1. The van der Waals surface area contributed by atoms with Gasteiger partial charge >= 0.3 is 0 Å². The Labute approximate surface area is 291 Å². The maximum Gasteiger partial charge on any atom is 0.240 e. The summed E-state index contributed by atoms with van der Waals surface area (Å²) in [5.41, 5.74) is 0.413. The zero-order valence-corrected chi connectivity index (χ0v) is 28.1. The van der Waals surface area contributed by atoms with Crippen molar-refractivity contribution in [2.45, 2.75) is 38.5 Å². The summed E-state index contributed by atoms with van der Waals surface area (Å²) in [5, 5.41) is 8.60. The molecule has 5 rings (SSSR count). The summed E-state index contributed by atoms with van der Waals surface area (Å²) in [7, 11) is 1.51. The summed E-state index contributed by atoms with van der Waals surface area (Å²) in [5.74, 6) is -1.12. The molecule has 1 fully saturated rings. The molecule has 0 bridgehead atoms. The van der Waals surface area contributed by atoms with Crippen molar-refractivity contribution in [2.75, 3.05) is 36.6 Å². The van der Waals surface area contributed by atoms with Gasteiger partial charge in [-0.3, -0.25) is 24.2 Å². The van der Waals surface area contributed by atoms with E-state index in [4.69, 9.17) is 14.2 Å². The van der Waals surface area contributed by atoms with E-state index < -0.39 is 28.9 Å². The van der Waals surface area contributed by atoms with Gasteiger partial charge < -0.3 is 30.2 Å². The van der Waals surface area contributed by atoms with Crippen LogP contribution in [0.25, 0.3) is 10.9 Å². The van der Waals surface area contributed by atoms with Crippen LogP contribution in [0, 0.1) is 17.0 Å². The molecule has 262 valence electrons. The van der Waals surface area contributed by atoms with Gasteiger partial charge in [-0.1, -0.05) is 24.6 Å². The van der Waals surface area contributed by atoms with Crippen LogP contribution in [0.2, 0.25) is 0 Å². The van der Waals surface area contributed by atoms with Crippen molar-refractivity contribution < 1.29 is 42.2 Å². The van der Waals surface area contributed by atoms with Crippen molar-refractivity contribution in [2.24, 2.45) is 5.41 Å². The van der Waals surface area contributed by atoms with E-state index in [1.165, 1.54) is 49.7 Å². The molecule has 3 aromatic carbocycles. The van der Waals surface area contributed by atoms with Crippen molar-refractivity contribution in [3.8, 4) is 23.0 Å². The van der Waals surface area contributed by atoms with E-state index in [2.05, 4.69) is 20.9 Å². The van der Waals surface area contributed by atoms with Crippen LogP contribution in [0.15, 0.2) is 66.9 Å². The number of aromatic nitrogens is 1. The third-order valence-corrected chi connectivity index (χ3v) is 8.62. The number of methoxy groups -OCH3 is 1. The summed E-state index contributed by atoms with van der Waals surface area (Å²) in [6, 6.07) is 14.2. The van der Waals surface area contributed by atoms with Crippen LogP contribution < -0.4 is 30.2 Å². The minimum absolute atomic E-state index is 0.0931. The molecule has 0 radical (unpaired) electrons. The fourth-order valence-electron chi connectivity index (χ4n) is 5.14. The minimum atomic E-state index is -1.30. The molecular weight excluding hydrogens is 670 g/mol. The lowest BCUT2D eigenvalue weighted by Crippen LogP contribution is -2.35. The average molecular weight is 707 g/mol. The molecule has 1 aliphatic carbocycles. The molecular formula is C36H36F2N4O7S. The Kier molecular flexibility index (Phi) is 12.2. The van der Waals surface area contributed by atoms with Crippen molar-refractivity contribution in [1.29, 1.82) is 0 Å². The molecule has 0 spiro atoms. The highest BCUT2D eigenvalue weighted by atomic mass is 32.2. The molecule has 1 aliphatic rings. The van der Waals surface area contributed by atoms with Gasteiger partial charge in [0.1, 0.15) is 17.0 Å². The first-order valence-electron chi connectivity index (χ1n) is 16.0. The maximum atomic E-state index is 15.3. The van der Waals surface area contributed by atoms with Crippen molar-refractivity contribution in [3.05, 3.63) is 78.5 Å². The van der Waals surface area contributed by atoms with Gasteiger partial charge in [-0.2, -0.15) is 0 Å². The van der Waals surface area contributed by atoms with Crippen LogP contribution in [0.1, 0.15) is 38.5 Å². The lowest BCUT2D eigenvalue weighted by atomic mass is 10.0. The van der Waals surface area contributed by atoms with E-state index in [1.54, 1.807) is 18.2 Å². The van der Waals surface area contributed by atoms with Gasteiger partial charge in [-0.25, -0.2) is 8.78 Å². The fraction of sp³-hybridized carbons (Fsp3) is 0.306. The lowest BCUT2D eigenvalue weighted by Gasteiger charge is -2.16. The Hall–Kier alpha value is -5.24. The summed E-state index contributed by atoms with van der Waals surface area (Å²) in [6.45, 7) is 0.995. The number of carbonyl (C=O) groups excluding carboxylic acids is 4. The van der Waals surface area contributed by atoms with Crippen molar-refractivity contribution in [1.82, 2.24) is 10.3 Å². The molecule has 0 atom stereocenters. The van der Waals surface area contributed by atoms with Gasteiger partial charge in [-0.05, 0) is 74.2 Å². The Morgan fingerprint density at radius 1 is 0.860 bits per heavy atom. The molecule has 11 nitrogen and oxygen atoms in total. The number of carbonyl (C=O) groups is 4. The molecule has 4 aromatic rings. The topological polar surface area (TPSA) is 145 Å². The number of unbranched alkanes of at least 4 members (excludes halogenated alkanes) is 3. The number of rotatable bonds is 18. The van der Waals surface area contributed by atoms with Crippen LogP contribution in [-0.4, -0.2) is 54.3 Å². The Morgan fingerprint density at radius 3 is 2.28 bits per heavy atom. The fourth-order valence-corrected chi connectivity index (χ4v) is 5.46. The van der Waals surface area contributed by atoms with E-state index >= 15 is 4.39 Å². The molecule has 3 N–H and O–H groups in total. The molecule has 0 saturated heterocycles. The molecule has 3 amide bonds. The molecule has 14 heteroatoms. The quantitative estimate of drug-likeness (QED) is 0.0588. The van der Waals surface area contributed by atoms with Crippen LogP contribution >= 0.6 is 11.8 Å². The lowest BCUT2D eigenvalue weighted by molar-refractivity contribution is -0.131. The number of hydrogen-bond acceptors (Lipinski definition) is 9. The molecule has 1 aromatic heterocycles. The van der Waals surface area contributed by atoms with Gasteiger partial charge in [0.05, 0.1) is 25.0 Å². The number of thioether (sulfide) groups is 1.